The van der Waals surface area contributed by atoms with E-state index in [0.717, 1.165) is 6.42 Å². The maximum atomic E-state index is 11.4. The van der Waals surface area contributed by atoms with Crippen LogP contribution in [-0.4, -0.2) is 25.1 Å². The number of hydrogen-bond acceptors (Lipinski definition) is 3. The molecule has 0 saturated carbocycles. The van der Waals surface area contributed by atoms with Gasteiger partial charge in [0.05, 0.1) is 0 Å². The normalized spacial score (nSPS) is 11.9. The van der Waals surface area contributed by atoms with Crippen LogP contribution >= 0.6 is 11.6 Å². The van der Waals surface area contributed by atoms with E-state index in [1.165, 1.54) is 0 Å². The first-order chi connectivity index (χ1) is 8.11. The molecule has 1 aromatic rings. The summed E-state index contributed by atoms with van der Waals surface area (Å²) in [4.78, 5) is 11.4. The Morgan fingerprint density at radius 1 is 1.59 bits per heavy atom. The predicted molar refractivity (Wildman–Crippen MR) is 68.2 cm³/mol. The lowest BCUT2D eigenvalue weighted by Gasteiger charge is -2.11. The first-order valence-corrected chi connectivity index (χ1v) is 5.90. The van der Waals surface area contributed by atoms with Crippen molar-refractivity contribution in [3.05, 3.63) is 29.3 Å². The molecule has 4 nitrogen and oxygen atoms in total. The van der Waals surface area contributed by atoms with Crippen molar-refractivity contribution < 1.29 is 9.53 Å². The van der Waals surface area contributed by atoms with E-state index in [-0.39, 0.29) is 18.6 Å². The number of halogens is 1. The van der Waals surface area contributed by atoms with E-state index in [1.807, 2.05) is 6.92 Å². The number of amides is 1. The standard InChI is InChI=1S/C12H17ClN2O2/c1-2-10(14)7-15-12(16)8-17-11-5-3-4-9(13)6-11/h3-6,10H,2,7-8,14H2,1H3,(H,15,16). The smallest absolute Gasteiger partial charge is 0.257 e. The van der Waals surface area contributed by atoms with Crippen LogP contribution in [0.3, 0.4) is 0 Å². The van der Waals surface area contributed by atoms with Gasteiger partial charge in [-0.25, -0.2) is 0 Å². The Kier molecular flexibility index (Phi) is 5.80. The SMILES string of the molecule is CCC(N)CNC(=O)COc1cccc(Cl)c1. The molecule has 0 aliphatic carbocycles. The van der Waals surface area contributed by atoms with E-state index in [9.17, 15) is 4.79 Å². The van der Waals surface area contributed by atoms with E-state index in [2.05, 4.69) is 5.32 Å². The average molecular weight is 257 g/mol. The van der Waals surface area contributed by atoms with Crippen molar-refractivity contribution in [3.63, 3.8) is 0 Å². The van der Waals surface area contributed by atoms with Crippen molar-refractivity contribution in [2.24, 2.45) is 5.73 Å². The Morgan fingerprint density at radius 2 is 2.35 bits per heavy atom. The summed E-state index contributed by atoms with van der Waals surface area (Å²) in [5.41, 5.74) is 5.68. The lowest BCUT2D eigenvalue weighted by Crippen LogP contribution is -2.38. The van der Waals surface area contributed by atoms with Crippen LogP contribution in [0.15, 0.2) is 24.3 Å². The molecule has 0 bridgehead atoms. The van der Waals surface area contributed by atoms with Crippen LogP contribution in [0.25, 0.3) is 0 Å². The van der Waals surface area contributed by atoms with Gasteiger partial charge in [0.15, 0.2) is 6.61 Å². The lowest BCUT2D eigenvalue weighted by atomic mass is 10.2. The third-order valence-electron chi connectivity index (χ3n) is 2.25. The van der Waals surface area contributed by atoms with Crippen LogP contribution in [0.4, 0.5) is 0 Å². The molecule has 1 unspecified atom stereocenters. The topological polar surface area (TPSA) is 64.3 Å². The second-order valence-electron chi connectivity index (χ2n) is 3.72. The highest BCUT2D eigenvalue weighted by molar-refractivity contribution is 6.30. The first kappa shape index (κ1) is 13.8. The molecule has 17 heavy (non-hydrogen) atoms. The summed E-state index contributed by atoms with van der Waals surface area (Å²) in [7, 11) is 0. The molecule has 1 amide bonds. The van der Waals surface area contributed by atoms with Crippen molar-refractivity contribution in [1.82, 2.24) is 5.32 Å². The monoisotopic (exact) mass is 256 g/mol. The van der Waals surface area contributed by atoms with Crippen LogP contribution in [0.2, 0.25) is 5.02 Å². The second-order valence-corrected chi connectivity index (χ2v) is 4.15. The third-order valence-corrected chi connectivity index (χ3v) is 2.49. The van der Waals surface area contributed by atoms with Gasteiger partial charge in [0.2, 0.25) is 0 Å². The number of ether oxygens (including phenoxy) is 1. The molecule has 0 saturated heterocycles. The summed E-state index contributed by atoms with van der Waals surface area (Å²) in [6.45, 7) is 2.41. The minimum absolute atomic E-state index is 0.00915. The largest absolute Gasteiger partial charge is 0.484 e. The number of carbonyl (C=O) groups excluding carboxylic acids is 1. The van der Waals surface area contributed by atoms with Crippen LogP contribution < -0.4 is 15.8 Å². The fraction of sp³-hybridized carbons (Fsp3) is 0.417. The molecule has 1 atom stereocenters. The molecule has 5 heteroatoms. The van der Waals surface area contributed by atoms with Crippen LogP contribution in [0, 0.1) is 0 Å². The molecule has 1 rings (SSSR count). The van der Waals surface area contributed by atoms with Crippen molar-refractivity contribution in [2.45, 2.75) is 19.4 Å². The summed E-state index contributed by atoms with van der Waals surface area (Å²) < 4.78 is 5.28. The van der Waals surface area contributed by atoms with Gasteiger partial charge in [-0.05, 0) is 24.6 Å². The Balaban J connectivity index is 2.28. The maximum absolute atomic E-state index is 11.4. The molecular formula is C12H17ClN2O2. The van der Waals surface area contributed by atoms with E-state index in [4.69, 9.17) is 22.1 Å². The highest BCUT2D eigenvalue weighted by Crippen LogP contribution is 2.16. The number of hydrogen-bond donors (Lipinski definition) is 2. The lowest BCUT2D eigenvalue weighted by molar-refractivity contribution is -0.123. The van der Waals surface area contributed by atoms with E-state index in [0.29, 0.717) is 17.3 Å². The molecular weight excluding hydrogens is 240 g/mol. The van der Waals surface area contributed by atoms with Crippen LogP contribution in [0.5, 0.6) is 5.75 Å². The Morgan fingerprint density at radius 3 is 3.00 bits per heavy atom. The van der Waals surface area contributed by atoms with Crippen molar-refractivity contribution in [1.29, 1.82) is 0 Å². The van der Waals surface area contributed by atoms with Gasteiger partial charge in [-0.3, -0.25) is 4.79 Å². The quantitative estimate of drug-likeness (QED) is 0.812. The van der Waals surface area contributed by atoms with Gasteiger partial charge in [0.1, 0.15) is 5.75 Å². The minimum Gasteiger partial charge on any atom is -0.484 e. The van der Waals surface area contributed by atoms with Gasteiger partial charge in [-0.2, -0.15) is 0 Å². The summed E-state index contributed by atoms with van der Waals surface area (Å²) >= 11 is 5.78. The number of carbonyl (C=O) groups is 1. The zero-order chi connectivity index (χ0) is 12.7. The maximum Gasteiger partial charge on any atom is 0.257 e. The molecule has 0 radical (unpaired) electrons. The number of nitrogens with one attached hydrogen (secondary N) is 1. The van der Waals surface area contributed by atoms with Gasteiger partial charge in [-0.1, -0.05) is 24.6 Å². The zero-order valence-electron chi connectivity index (χ0n) is 9.78. The Labute approximate surface area is 106 Å². The van der Waals surface area contributed by atoms with Crippen molar-refractivity contribution >= 4 is 17.5 Å². The van der Waals surface area contributed by atoms with E-state index < -0.39 is 0 Å². The summed E-state index contributed by atoms with van der Waals surface area (Å²) in [6, 6.07) is 6.91. The van der Waals surface area contributed by atoms with Gasteiger partial charge in [0, 0.05) is 17.6 Å². The fourth-order valence-corrected chi connectivity index (χ4v) is 1.33. The molecule has 0 spiro atoms. The van der Waals surface area contributed by atoms with Crippen LogP contribution in [-0.2, 0) is 4.79 Å². The fourth-order valence-electron chi connectivity index (χ4n) is 1.15. The van der Waals surface area contributed by atoms with E-state index in [1.54, 1.807) is 24.3 Å². The number of rotatable bonds is 6. The van der Waals surface area contributed by atoms with Gasteiger partial charge in [0.25, 0.3) is 5.91 Å². The zero-order valence-corrected chi connectivity index (χ0v) is 10.5. The highest BCUT2D eigenvalue weighted by Gasteiger charge is 2.05. The van der Waals surface area contributed by atoms with Gasteiger partial charge in [-0.15, -0.1) is 0 Å². The van der Waals surface area contributed by atoms with Crippen molar-refractivity contribution in [3.8, 4) is 5.75 Å². The van der Waals surface area contributed by atoms with Gasteiger partial charge >= 0.3 is 0 Å². The average Bonchev–Trinajstić information content (AvgIpc) is 2.33. The summed E-state index contributed by atoms with van der Waals surface area (Å²) in [6.07, 6.45) is 0.829. The molecule has 94 valence electrons. The molecule has 0 aliphatic rings. The minimum atomic E-state index is -0.186. The predicted octanol–water partition coefficient (Wildman–Crippen LogP) is 1.57. The molecule has 0 aromatic heterocycles. The second kappa shape index (κ2) is 7.14. The first-order valence-electron chi connectivity index (χ1n) is 5.52. The Bertz CT molecular complexity index is 371. The Hall–Kier alpha value is -1.26. The van der Waals surface area contributed by atoms with Crippen LogP contribution in [0.1, 0.15) is 13.3 Å². The third kappa shape index (κ3) is 5.56. The molecule has 3 N–H and O–H groups in total. The van der Waals surface area contributed by atoms with Gasteiger partial charge < -0.3 is 15.8 Å². The summed E-state index contributed by atoms with van der Waals surface area (Å²) in [5.74, 6) is 0.390. The highest BCUT2D eigenvalue weighted by atomic mass is 35.5. The molecule has 0 heterocycles. The molecule has 0 fully saturated rings. The summed E-state index contributed by atoms with van der Waals surface area (Å²) in [5, 5.41) is 3.28. The number of nitrogens with two attached hydrogens (primary N) is 1. The number of benzene rings is 1. The molecule has 1 aromatic carbocycles. The van der Waals surface area contributed by atoms with Crippen molar-refractivity contribution in [2.75, 3.05) is 13.2 Å². The van der Waals surface area contributed by atoms with E-state index >= 15 is 0 Å². The molecule has 0 aliphatic heterocycles.